The Balaban J connectivity index is 4.14. The van der Waals surface area contributed by atoms with E-state index < -0.39 is 19.9 Å². The maximum absolute atomic E-state index is 12.6. The minimum absolute atomic E-state index is 0.0848. The second-order valence-electron chi connectivity index (χ2n) is 14.5. The predicted molar refractivity (Wildman–Crippen MR) is 238 cm³/mol. The van der Waals surface area contributed by atoms with Crippen molar-refractivity contribution in [3.05, 3.63) is 72.9 Å². The first-order valence-electron chi connectivity index (χ1n) is 22.4. The number of phosphoric ester groups is 1. The zero-order valence-corrected chi connectivity index (χ0v) is 36.7. The molecule has 0 aliphatic rings. The first kappa shape index (κ1) is 53.9. The number of hydrogen-bond donors (Lipinski definition) is 2. The summed E-state index contributed by atoms with van der Waals surface area (Å²) in [5, 5.41) is 0. The fourth-order valence-electron chi connectivity index (χ4n) is 5.90. The summed E-state index contributed by atoms with van der Waals surface area (Å²) in [4.78, 5) is 22.5. The summed E-state index contributed by atoms with van der Waals surface area (Å²) in [5.41, 5.74) is 5.37. The molecule has 0 heterocycles. The van der Waals surface area contributed by atoms with E-state index >= 15 is 0 Å². The number of carbonyl (C=O) groups excluding carboxylic acids is 1. The van der Waals surface area contributed by atoms with Crippen molar-refractivity contribution in [3.63, 3.8) is 0 Å². The lowest BCUT2D eigenvalue weighted by atomic mass is 10.0. The van der Waals surface area contributed by atoms with Crippen molar-refractivity contribution in [1.29, 1.82) is 0 Å². The van der Waals surface area contributed by atoms with Gasteiger partial charge in [-0.15, -0.1) is 0 Å². The van der Waals surface area contributed by atoms with Crippen molar-refractivity contribution in [3.8, 4) is 0 Å². The number of allylic oxidation sites excluding steroid dienone is 12. The molecule has 0 rings (SSSR count). The number of phosphoric acid groups is 1. The molecule has 0 aromatic heterocycles. The lowest BCUT2D eigenvalue weighted by Gasteiger charge is -2.20. The van der Waals surface area contributed by atoms with Crippen molar-refractivity contribution in [1.82, 2.24) is 0 Å². The van der Waals surface area contributed by atoms with Gasteiger partial charge in [0.2, 0.25) is 0 Å². The summed E-state index contributed by atoms with van der Waals surface area (Å²) in [6, 6.07) is 0. The Morgan fingerprint density at radius 2 is 0.964 bits per heavy atom. The van der Waals surface area contributed by atoms with Crippen LogP contribution in [0.15, 0.2) is 72.9 Å². The number of ether oxygens (including phenoxy) is 2. The van der Waals surface area contributed by atoms with Crippen LogP contribution in [-0.4, -0.2) is 49.9 Å². The van der Waals surface area contributed by atoms with Gasteiger partial charge in [-0.2, -0.15) is 0 Å². The van der Waals surface area contributed by atoms with Gasteiger partial charge in [0.25, 0.3) is 0 Å². The molecule has 8 nitrogen and oxygen atoms in total. The highest BCUT2D eigenvalue weighted by Gasteiger charge is 2.25. The van der Waals surface area contributed by atoms with Crippen molar-refractivity contribution in [2.75, 3.05) is 33.0 Å². The summed E-state index contributed by atoms with van der Waals surface area (Å²) >= 11 is 0. The second kappa shape index (κ2) is 44.1. The summed E-state index contributed by atoms with van der Waals surface area (Å²) < 4.78 is 33.4. The third-order valence-electron chi connectivity index (χ3n) is 9.15. The van der Waals surface area contributed by atoms with Crippen molar-refractivity contribution in [2.24, 2.45) is 5.73 Å². The van der Waals surface area contributed by atoms with Gasteiger partial charge in [0, 0.05) is 19.6 Å². The van der Waals surface area contributed by atoms with E-state index in [9.17, 15) is 14.3 Å². The van der Waals surface area contributed by atoms with E-state index in [0.717, 1.165) is 51.4 Å². The van der Waals surface area contributed by atoms with Crippen LogP contribution in [0, 0.1) is 0 Å². The Bertz CT molecular complexity index is 1080. The van der Waals surface area contributed by atoms with Gasteiger partial charge in [0.1, 0.15) is 6.10 Å². The molecule has 0 fully saturated rings. The van der Waals surface area contributed by atoms with Crippen LogP contribution in [0.2, 0.25) is 0 Å². The Kier molecular flexibility index (Phi) is 42.4. The largest absolute Gasteiger partial charge is 0.472 e. The predicted octanol–water partition coefficient (Wildman–Crippen LogP) is 13.5. The van der Waals surface area contributed by atoms with Gasteiger partial charge in [-0.25, -0.2) is 4.57 Å². The summed E-state index contributed by atoms with van der Waals surface area (Å²) in [6.07, 6.45) is 55.1. The van der Waals surface area contributed by atoms with Crippen LogP contribution in [-0.2, 0) is 27.9 Å². The minimum Gasteiger partial charge on any atom is -0.457 e. The SMILES string of the molecule is CC/C=C\C/C=C\C/C=C\C/C=C\C/C=C\C/C=C\CCC(=O)OC(COCCCCCCCCCCCCCCCCCCCC)COP(=O)(O)OCCN. The third-order valence-corrected chi connectivity index (χ3v) is 10.1. The van der Waals surface area contributed by atoms with Gasteiger partial charge in [-0.1, -0.05) is 196 Å². The number of rotatable bonds is 42. The Morgan fingerprint density at radius 3 is 1.39 bits per heavy atom. The van der Waals surface area contributed by atoms with Gasteiger partial charge in [0.15, 0.2) is 0 Å². The van der Waals surface area contributed by atoms with Crippen LogP contribution in [0.4, 0.5) is 0 Å². The Hall–Kier alpha value is -2.06. The first-order chi connectivity index (χ1) is 27.4. The van der Waals surface area contributed by atoms with Crippen molar-refractivity contribution < 1.29 is 32.8 Å². The van der Waals surface area contributed by atoms with E-state index in [-0.39, 0.29) is 32.8 Å². The van der Waals surface area contributed by atoms with Gasteiger partial charge in [-0.05, 0) is 51.4 Å². The fourth-order valence-corrected chi connectivity index (χ4v) is 6.67. The minimum atomic E-state index is -4.30. The van der Waals surface area contributed by atoms with E-state index in [0.29, 0.717) is 13.0 Å². The van der Waals surface area contributed by atoms with Crippen LogP contribution < -0.4 is 5.73 Å². The van der Waals surface area contributed by atoms with Gasteiger partial charge in [-0.3, -0.25) is 13.8 Å². The molecule has 2 unspecified atom stereocenters. The number of unbranched alkanes of at least 4 members (excludes halogenated alkanes) is 17. The maximum atomic E-state index is 12.6. The maximum Gasteiger partial charge on any atom is 0.472 e. The second-order valence-corrected chi connectivity index (χ2v) is 16.0. The Labute approximate surface area is 344 Å². The van der Waals surface area contributed by atoms with Crippen LogP contribution in [0.25, 0.3) is 0 Å². The van der Waals surface area contributed by atoms with Crippen LogP contribution in [0.5, 0.6) is 0 Å². The molecule has 3 N–H and O–H groups in total. The van der Waals surface area contributed by atoms with E-state index in [4.69, 9.17) is 24.3 Å². The van der Waals surface area contributed by atoms with E-state index in [1.54, 1.807) is 0 Å². The molecule has 0 bridgehead atoms. The third kappa shape index (κ3) is 43.1. The average molecular weight is 806 g/mol. The molecule has 0 aliphatic heterocycles. The highest BCUT2D eigenvalue weighted by atomic mass is 31.2. The van der Waals surface area contributed by atoms with E-state index in [2.05, 4.69) is 74.6 Å². The lowest BCUT2D eigenvalue weighted by Crippen LogP contribution is -2.28. The smallest absolute Gasteiger partial charge is 0.457 e. The molecule has 0 aromatic carbocycles. The Morgan fingerprint density at radius 1 is 0.554 bits per heavy atom. The van der Waals surface area contributed by atoms with Gasteiger partial charge >= 0.3 is 13.8 Å². The van der Waals surface area contributed by atoms with Crippen LogP contribution in [0.3, 0.4) is 0 Å². The van der Waals surface area contributed by atoms with Gasteiger partial charge in [0.05, 0.1) is 19.8 Å². The normalized spacial score (nSPS) is 14.1. The molecule has 324 valence electrons. The molecule has 56 heavy (non-hydrogen) atoms. The topological polar surface area (TPSA) is 117 Å². The fraction of sp³-hybridized carbons (Fsp3) is 0.723. The molecule has 0 saturated heterocycles. The van der Waals surface area contributed by atoms with E-state index in [1.165, 1.54) is 103 Å². The number of nitrogens with two attached hydrogens (primary N) is 1. The zero-order valence-electron chi connectivity index (χ0n) is 35.8. The quantitative estimate of drug-likeness (QED) is 0.0271. The molecule has 9 heteroatoms. The number of carbonyl (C=O) groups is 1. The molecular formula is C47H84NO7P. The first-order valence-corrected chi connectivity index (χ1v) is 23.9. The van der Waals surface area contributed by atoms with Crippen LogP contribution >= 0.6 is 7.82 Å². The summed E-state index contributed by atoms with van der Waals surface area (Å²) in [6.45, 7) is 4.71. The summed E-state index contributed by atoms with van der Waals surface area (Å²) in [7, 11) is -4.30. The standard InChI is InChI=1S/C47H84NO7P/c1-3-5-7-9-11-13-15-17-19-21-23-24-26-28-30-32-34-36-38-40-47(49)55-46(45-54-56(50,51)53-43-41-48)44-52-42-39-37-35-33-31-29-27-25-22-20-18-16-14-12-10-8-6-4-2/h5,7,11,13,17,19,23-24,28,30,34,36,46H,3-4,6,8-10,12,14-16,18,20-22,25-27,29,31-33,35,37-45,48H2,1-2H3,(H,50,51)/b7-5-,13-11-,19-17-,24-23-,30-28-,36-34-. The zero-order chi connectivity index (χ0) is 40.9. The molecule has 0 radical (unpaired) electrons. The van der Waals surface area contributed by atoms with E-state index in [1.807, 2.05) is 12.2 Å². The highest BCUT2D eigenvalue weighted by Crippen LogP contribution is 2.43. The molecule has 2 atom stereocenters. The van der Waals surface area contributed by atoms with Crippen molar-refractivity contribution in [2.45, 2.75) is 187 Å². The van der Waals surface area contributed by atoms with Gasteiger partial charge < -0.3 is 20.1 Å². The molecule has 0 aliphatic carbocycles. The van der Waals surface area contributed by atoms with Crippen molar-refractivity contribution >= 4 is 13.8 Å². The summed E-state index contributed by atoms with van der Waals surface area (Å²) in [5.74, 6) is -0.412. The highest BCUT2D eigenvalue weighted by molar-refractivity contribution is 7.47. The molecule has 0 amide bonds. The molecule has 0 spiro atoms. The lowest BCUT2D eigenvalue weighted by molar-refractivity contribution is -0.154. The number of esters is 1. The number of hydrogen-bond acceptors (Lipinski definition) is 7. The molecule has 0 saturated carbocycles. The van der Waals surface area contributed by atoms with Crippen LogP contribution in [0.1, 0.15) is 181 Å². The average Bonchev–Trinajstić information content (AvgIpc) is 3.19. The monoisotopic (exact) mass is 806 g/mol. The molecule has 0 aromatic rings. The molecular weight excluding hydrogens is 721 g/mol.